The molecule has 1 atom stereocenters. The Hall–Kier alpha value is -2.18. The van der Waals surface area contributed by atoms with Crippen LogP contribution < -0.4 is 10.0 Å². The lowest BCUT2D eigenvalue weighted by Gasteiger charge is -2.26. The lowest BCUT2D eigenvalue weighted by Crippen LogP contribution is -2.31. The van der Waals surface area contributed by atoms with E-state index in [4.69, 9.17) is 0 Å². The molecule has 0 saturated heterocycles. The van der Waals surface area contributed by atoms with Crippen molar-refractivity contribution < 1.29 is 13.2 Å². The molecule has 0 aliphatic heterocycles. The molecule has 0 bridgehead atoms. The van der Waals surface area contributed by atoms with Crippen molar-refractivity contribution >= 4 is 15.9 Å². The predicted octanol–water partition coefficient (Wildman–Crippen LogP) is 3.25. The number of aryl methyl sites for hydroxylation is 2. The zero-order valence-electron chi connectivity index (χ0n) is 15.9. The van der Waals surface area contributed by atoms with E-state index in [-0.39, 0.29) is 22.9 Å². The van der Waals surface area contributed by atoms with Crippen LogP contribution in [0.1, 0.15) is 54.8 Å². The number of hydrogen-bond donors (Lipinski definition) is 2. The van der Waals surface area contributed by atoms with Gasteiger partial charge in [0.25, 0.3) is 0 Å². The first kappa shape index (κ1) is 19.2. The van der Waals surface area contributed by atoms with Gasteiger partial charge in [-0.1, -0.05) is 36.4 Å². The van der Waals surface area contributed by atoms with Gasteiger partial charge >= 0.3 is 0 Å². The van der Waals surface area contributed by atoms with Crippen LogP contribution in [0.2, 0.25) is 0 Å². The van der Waals surface area contributed by atoms with Crippen molar-refractivity contribution in [2.45, 2.75) is 61.9 Å². The van der Waals surface area contributed by atoms with Crippen LogP contribution in [0.5, 0.6) is 0 Å². The number of rotatable bonds is 7. The fourth-order valence-electron chi connectivity index (χ4n) is 3.75. The van der Waals surface area contributed by atoms with Gasteiger partial charge < -0.3 is 5.32 Å². The summed E-state index contributed by atoms with van der Waals surface area (Å²) in [6.07, 6.45) is 5.96. The Labute approximate surface area is 166 Å². The molecule has 2 aromatic rings. The number of sulfonamides is 1. The molecule has 6 heteroatoms. The van der Waals surface area contributed by atoms with E-state index in [0.29, 0.717) is 12.8 Å². The number of nitrogens with one attached hydrogen (secondary N) is 2. The van der Waals surface area contributed by atoms with Crippen LogP contribution in [0, 0.1) is 0 Å². The molecule has 1 amide bonds. The van der Waals surface area contributed by atoms with Crippen LogP contribution in [0.25, 0.3) is 0 Å². The van der Waals surface area contributed by atoms with Crippen LogP contribution in [-0.4, -0.2) is 20.4 Å². The molecule has 0 aromatic heterocycles. The second-order valence-corrected chi connectivity index (χ2v) is 9.46. The van der Waals surface area contributed by atoms with E-state index in [1.54, 1.807) is 24.3 Å². The largest absolute Gasteiger partial charge is 0.349 e. The second kappa shape index (κ2) is 8.05. The summed E-state index contributed by atoms with van der Waals surface area (Å²) in [7, 11) is -3.42. The SMILES string of the molecule is O=C(CCc1ccc(S(=O)(=O)NC2CC2)cc1)N[C@@H]1CCCc2ccccc21. The maximum atomic E-state index is 12.4. The molecule has 0 heterocycles. The number of hydrogen-bond acceptors (Lipinski definition) is 3. The normalized spacial score (nSPS) is 19.1. The smallest absolute Gasteiger partial charge is 0.240 e. The van der Waals surface area contributed by atoms with Gasteiger partial charge in [0.1, 0.15) is 0 Å². The van der Waals surface area contributed by atoms with E-state index in [9.17, 15) is 13.2 Å². The first-order valence-electron chi connectivity index (χ1n) is 10.00. The van der Waals surface area contributed by atoms with Crippen LogP contribution in [0.4, 0.5) is 0 Å². The van der Waals surface area contributed by atoms with E-state index < -0.39 is 10.0 Å². The summed E-state index contributed by atoms with van der Waals surface area (Å²) >= 11 is 0. The molecule has 148 valence electrons. The van der Waals surface area contributed by atoms with E-state index in [1.807, 2.05) is 12.1 Å². The van der Waals surface area contributed by atoms with Gasteiger partial charge in [-0.2, -0.15) is 0 Å². The predicted molar refractivity (Wildman–Crippen MR) is 108 cm³/mol. The van der Waals surface area contributed by atoms with Crippen molar-refractivity contribution in [3.8, 4) is 0 Å². The van der Waals surface area contributed by atoms with Gasteiger partial charge in [0.15, 0.2) is 0 Å². The molecule has 2 N–H and O–H groups in total. The number of carbonyl (C=O) groups excluding carboxylic acids is 1. The Balaban J connectivity index is 1.31. The highest BCUT2D eigenvalue weighted by Gasteiger charge is 2.27. The fourth-order valence-corrected chi connectivity index (χ4v) is 5.06. The maximum absolute atomic E-state index is 12.4. The Kier molecular flexibility index (Phi) is 5.51. The average Bonchev–Trinajstić information content (AvgIpc) is 3.50. The number of amides is 1. The minimum Gasteiger partial charge on any atom is -0.349 e. The molecule has 2 aliphatic rings. The van der Waals surface area contributed by atoms with E-state index in [1.165, 1.54) is 11.1 Å². The minimum absolute atomic E-state index is 0.0359. The third-order valence-electron chi connectivity index (χ3n) is 5.48. The van der Waals surface area contributed by atoms with Crippen molar-refractivity contribution in [2.75, 3.05) is 0 Å². The van der Waals surface area contributed by atoms with Crippen molar-refractivity contribution in [3.63, 3.8) is 0 Å². The lowest BCUT2D eigenvalue weighted by atomic mass is 9.87. The van der Waals surface area contributed by atoms with Gasteiger partial charge in [0.2, 0.25) is 15.9 Å². The summed E-state index contributed by atoms with van der Waals surface area (Å²) < 4.78 is 27.1. The number of carbonyl (C=O) groups is 1. The molecule has 1 fully saturated rings. The molecular formula is C22H26N2O3S. The summed E-state index contributed by atoms with van der Waals surface area (Å²) in [6, 6.07) is 15.3. The highest BCUT2D eigenvalue weighted by Crippen LogP contribution is 2.29. The second-order valence-electron chi connectivity index (χ2n) is 7.75. The Morgan fingerprint density at radius 2 is 1.75 bits per heavy atom. The standard InChI is InChI=1S/C22H26N2O3S/c25-22(23-21-7-3-5-17-4-1-2-6-20(17)21)15-10-16-8-13-19(14-9-16)28(26,27)24-18-11-12-18/h1-2,4,6,8-9,13-14,18,21,24H,3,5,7,10-12,15H2,(H,23,25)/t21-/m1/s1. The molecule has 28 heavy (non-hydrogen) atoms. The molecule has 2 aromatic carbocycles. The number of fused-ring (bicyclic) bond motifs is 1. The Morgan fingerprint density at radius 1 is 1.00 bits per heavy atom. The van der Waals surface area contributed by atoms with Gasteiger partial charge in [-0.25, -0.2) is 13.1 Å². The fraction of sp³-hybridized carbons (Fsp3) is 0.409. The summed E-state index contributed by atoms with van der Waals surface area (Å²) in [6.45, 7) is 0. The third-order valence-corrected chi connectivity index (χ3v) is 7.01. The summed E-state index contributed by atoms with van der Waals surface area (Å²) in [5, 5.41) is 3.16. The van der Waals surface area contributed by atoms with Gasteiger partial charge in [0.05, 0.1) is 10.9 Å². The van der Waals surface area contributed by atoms with Gasteiger partial charge in [-0.05, 0) is 67.3 Å². The van der Waals surface area contributed by atoms with E-state index in [0.717, 1.165) is 37.7 Å². The minimum atomic E-state index is -3.42. The van der Waals surface area contributed by atoms with Crippen molar-refractivity contribution in [1.82, 2.24) is 10.0 Å². The molecule has 1 saturated carbocycles. The average molecular weight is 399 g/mol. The van der Waals surface area contributed by atoms with E-state index in [2.05, 4.69) is 22.2 Å². The van der Waals surface area contributed by atoms with E-state index >= 15 is 0 Å². The first-order valence-corrected chi connectivity index (χ1v) is 11.5. The lowest BCUT2D eigenvalue weighted by molar-refractivity contribution is -0.121. The van der Waals surface area contributed by atoms with Gasteiger partial charge in [0, 0.05) is 12.5 Å². The molecule has 0 radical (unpaired) electrons. The Morgan fingerprint density at radius 3 is 2.50 bits per heavy atom. The highest BCUT2D eigenvalue weighted by atomic mass is 32.2. The highest BCUT2D eigenvalue weighted by molar-refractivity contribution is 7.89. The quantitative estimate of drug-likeness (QED) is 0.752. The Bertz CT molecular complexity index is 950. The van der Waals surface area contributed by atoms with Crippen LogP contribution >= 0.6 is 0 Å². The van der Waals surface area contributed by atoms with Crippen LogP contribution in [0.3, 0.4) is 0 Å². The third kappa shape index (κ3) is 4.62. The number of benzene rings is 2. The molecule has 4 rings (SSSR count). The molecule has 2 aliphatic carbocycles. The zero-order chi connectivity index (χ0) is 19.6. The van der Waals surface area contributed by atoms with Crippen molar-refractivity contribution in [3.05, 3.63) is 65.2 Å². The van der Waals surface area contributed by atoms with Crippen LogP contribution in [-0.2, 0) is 27.7 Å². The molecular weight excluding hydrogens is 372 g/mol. The molecule has 0 unspecified atom stereocenters. The monoisotopic (exact) mass is 398 g/mol. The van der Waals surface area contributed by atoms with Crippen molar-refractivity contribution in [2.24, 2.45) is 0 Å². The van der Waals surface area contributed by atoms with Crippen LogP contribution in [0.15, 0.2) is 53.4 Å². The zero-order valence-corrected chi connectivity index (χ0v) is 16.7. The molecule has 0 spiro atoms. The van der Waals surface area contributed by atoms with Crippen molar-refractivity contribution in [1.29, 1.82) is 0 Å². The topological polar surface area (TPSA) is 75.3 Å². The van der Waals surface area contributed by atoms with Gasteiger partial charge in [-0.3, -0.25) is 4.79 Å². The summed E-state index contributed by atoms with van der Waals surface area (Å²) in [4.78, 5) is 12.7. The first-order chi connectivity index (χ1) is 13.5. The molecule has 5 nitrogen and oxygen atoms in total. The summed E-state index contributed by atoms with van der Waals surface area (Å²) in [5.41, 5.74) is 3.53. The maximum Gasteiger partial charge on any atom is 0.240 e. The van der Waals surface area contributed by atoms with Gasteiger partial charge in [-0.15, -0.1) is 0 Å². The summed E-state index contributed by atoms with van der Waals surface area (Å²) in [5.74, 6) is 0.0359.